The van der Waals surface area contributed by atoms with Gasteiger partial charge in [-0.3, -0.25) is 5.32 Å². The van der Waals surface area contributed by atoms with Crippen molar-refractivity contribution in [2.45, 2.75) is 39.2 Å². The quantitative estimate of drug-likeness (QED) is 0.840. The van der Waals surface area contributed by atoms with E-state index in [2.05, 4.69) is 11.2 Å². The Labute approximate surface area is 119 Å². The molecule has 0 radical (unpaired) electrons. The molecule has 4 heteroatoms. The summed E-state index contributed by atoms with van der Waals surface area (Å²) in [5.74, 6) is 2.58. The molecule has 1 N–H and O–H groups in total. The summed E-state index contributed by atoms with van der Waals surface area (Å²) >= 11 is 6.03. The van der Waals surface area contributed by atoms with Gasteiger partial charge >= 0.3 is 6.09 Å². The molecule has 0 unspecified atom stereocenters. The molecule has 1 amide bonds. The first-order chi connectivity index (χ1) is 8.81. The average Bonchev–Trinajstić information content (AvgIpc) is 2.27. The molecule has 0 fully saturated rings. The third-order valence-electron chi connectivity index (χ3n) is 2.22. The number of carbonyl (C=O) groups is 1. The summed E-state index contributed by atoms with van der Waals surface area (Å²) in [6.45, 7) is 5.41. The Morgan fingerprint density at radius 1 is 1.47 bits per heavy atom. The van der Waals surface area contributed by atoms with E-state index in [4.69, 9.17) is 22.8 Å². The molecule has 0 saturated carbocycles. The number of anilines is 1. The van der Waals surface area contributed by atoms with Gasteiger partial charge in [-0.05, 0) is 44.9 Å². The van der Waals surface area contributed by atoms with Gasteiger partial charge in [0, 0.05) is 6.42 Å². The summed E-state index contributed by atoms with van der Waals surface area (Å²) in [7, 11) is 0. The van der Waals surface area contributed by atoms with Gasteiger partial charge in [-0.1, -0.05) is 17.7 Å². The SMILES string of the molecule is C#CCCc1ccc(Cl)c(NC(=O)OC(C)(C)C)c1. The van der Waals surface area contributed by atoms with E-state index in [1.165, 1.54) is 0 Å². The summed E-state index contributed by atoms with van der Waals surface area (Å²) in [4.78, 5) is 11.7. The topological polar surface area (TPSA) is 38.3 Å². The first kappa shape index (κ1) is 15.4. The van der Waals surface area contributed by atoms with E-state index in [1.54, 1.807) is 26.8 Å². The second-order valence-electron chi connectivity index (χ2n) is 5.15. The monoisotopic (exact) mass is 279 g/mol. The Morgan fingerprint density at radius 2 is 2.16 bits per heavy atom. The molecule has 0 aromatic heterocycles. The zero-order valence-electron chi connectivity index (χ0n) is 11.4. The molecule has 0 spiro atoms. The fourth-order valence-corrected chi connectivity index (χ4v) is 1.62. The van der Waals surface area contributed by atoms with Crippen LogP contribution in [-0.2, 0) is 11.2 Å². The van der Waals surface area contributed by atoms with Gasteiger partial charge in [-0.25, -0.2) is 4.79 Å². The molecule has 0 saturated heterocycles. The minimum atomic E-state index is -0.544. The van der Waals surface area contributed by atoms with Crippen molar-refractivity contribution in [3.8, 4) is 12.3 Å². The molecule has 102 valence electrons. The van der Waals surface area contributed by atoms with Crippen molar-refractivity contribution in [2.75, 3.05) is 5.32 Å². The highest BCUT2D eigenvalue weighted by atomic mass is 35.5. The zero-order valence-corrected chi connectivity index (χ0v) is 12.2. The molecule has 0 aliphatic rings. The van der Waals surface area contributed by atoms with Gasteiger partial charge < -0.3 is 4.74 Å². The van der Waals surface area contributed by atoms with Crippen LogP contribution in [0.1, 0.15) is 32.8 Å². The van der Waals surface area contributed by atoms with Crippen molar-refractivity contribution in [2.24, 2.45) is 0 Å². The van der Waals surface area contributed by atoms with Crippen LogP contribution in [0, 0.1) is 12.3 Å². The molecule has 1 rings (SSSR count). The number of rotatable bonds is 3. The number of benzene rings is 1. The summed E-state index contributed by atoms with van der Waals surface area (Å²) in [6.07, 6.45) is 6.10. The second-order valence-corrected chi connectivity index (χ2v) is 5.55. The van der Waals surface area contributed by atoms with Crippen LogP contribution in [0.5, 0.6) is 0 Å². The van der Waals surface area contributed by atoms with Crippen LogP contribution in [0.3, 0.4) is 0 Å². The number of terminal acetylenes is 1. The number of halogens is 1. The first-order valence-corrected chi connectivity index (χ1v) is 6.41. The minimum absolute atomic E-state index is 0.468. The van der Waals surface area contributed by atoms with Gasteiger partial charge in [0.15, 0.2) is 0 Å². The summed E-state index contributed by atoms with van der Waals surface area (Å²) in [5, 5.41) is 3.11. The highest BCUT2D eigenvalue weighted by Gasteiger charge is 2.17. The molecule has 3 nitrogen and oxygen atoms in total. The Bertz CT molecular complexity index is 498. The van der Waals surface area contributed by atoms with E-state index >= 15 is 0 Å². The van der Waals surface area contributed by atoms with E-state index in [0.717, 1.165) is 12.0 Å². The van der Waals surface area contributed by atoms with Crippen LogP contribution in [0.2, 0.25) is 5.02 Å². The lowest BCUT2D eigenvalue weighted by molar-refractivity contribution is 0.0636. The van der Waals surface area contributed by atoms with Crippen LogP contribution in [0.25, 0.3) is 0 Å². The van der Waals surface area contributed by atoms with E-state index in [9.17, 15) is 4.79 Å². The number of hydrogen-bond donors (Lipinski definition) is 1. The van der Waals surface area contributed by atoms with Gasteiger partial charge in [0.1, 0.15) is 5.60 Å². The maximum atomic E-state index is 11.7. The normalized spacial score (nSPS) is 10.7. The molecular formula is C15H18ClNO2. The van der Waals surface area contributed by atoms with Crippen molar-refractivity contribution in [3.05, 3.63) is 28.8 Å². The third-order valence-corrected chi connectivity index (χ3v) is 2.55. The summed E-state index contributed by atoms with van der Waals surface area (Å²) < 4.78 is 5.18. The van der Waals surface area contributed by atoms with Crippen LogP contribution in [-0.4, -0.2) is 11.7 Å². The Hall–Kier alpha value is -1.66. The molecule has 0 aliphatic carbocycles. The highest BCUT2D eigenvalue weighted by molar-refractivity contribution is 6.33. The fraction of sp³-hybridized carbons (Fsp3) is 0.400. The summed E-state index contributed by atoms with van der Waals surface area (Å²) in [5.41, 5.74) is 1.01. The summed E-state index contributed by atoms with van der Waals surface area (Å²) in [6, 6.07) is 5.43. The number of carbonyl (C=O) groups excluding carboxylic acids is 1. The maximum absolute atomic E-state index is 11.7. The molecule has 1 aromatic rings. The van der Waals surface area contributed by atoms with Crippen molar-refractivity contribution >= 4 is 23.4 Å². The molecular weight excluding hydrogens is 262 g/mol. The van der Waals surface area contributed by atoms with E-state index < -0.39 is 11.7 Å². The zero-order chi connectivity index (χ0) is 14.5. The van der Waals surface area contributed by atoms with Gasteiger partial charge in [0.05, 0.1) is 10.7 Å². The Kier molecular flexibility index (Phi) is 5.26. The molecule has 0 aliphatic heterocycles. The van der Waals surface area contributed by atoms with Crippen LogP contribution in [0.4, 0.5) is 10.5 Å². The lowest BCUT2D eigenvalue weighted by atomic mass is 10.1. The fourth-order valence-electron chi connectivity index (χ4n) is 1.45. The highest BCUT2D eigenvalue weighted by Crippen LogP contribution is 2.24. The van der Waals surface area contributed by atoms with Gasteiger partial charge in [-0.15, -0.1) is 12.3 Å². The van der Waals surface area contributed by atoms with E-state index in [-0.39, 0.29) is 0 Å². The van der Waals surface area contributed by atoms with Crippen molar-refractivity contribution in [1.29, 1.82) is 0 Å². The van der Waals surface area contributed by atoms with E-state index in [1.807, 2.05) is 12.1 Å². The minimum Gasteiger partial charge on any atom is -0.444 e. The van der Waals surface area contributed by atoms with Crippen molar-refractivity contribution in [3.63, 3.8) is 0 Å². The average molecular weight is 280 g/mol. The smallest absolute Gasteiger partial charge is 0.412 e. The number of hydrogen-bond acceptors (Lipinski definition) is 2. The van der Waals surface area contributed by atoms with Gasteiger partial charge in [0.2, 0.25) is 0 Å². The number of nitrogens with one attached hydrogen (secondary N) is 1. The van der Waals surface area contributed by atoms with Crippen LogP contribution < -0.4 is 5.32 Å². The number of aryl methyl sites for hydroxylation is 1. The Balaban J connectivity index is 2.77. The van der Waals surface area contributed by atoms with Gasteiger partial charge in [0.25, 0.3) is 0 Å². The van der Waals surface area contributed by atoms with Crippen LogP contribution in [0.15, 0.2) is 18.2 Å². The molecule has 1 aromatic carbocycles. The van der Waals surface area contributed by atoms with E-state index in [0.29, 0.717) is 17.1 Å². The molecule has 0 heterocycles. The van der Waals surface area contributed by atoms with Crippen LogP contribution >= 0.6 is 11.6 Å². The second kappa shape index (κ2) is 6.49. The lowest BCUT2D eigenvalue weighted by Gasteiger charge is -2.20. The molecule has 0 atom stereocenters. The molecule has 19 heavy (non-hydrogen) atoms. The predicted octanol–water partition coefficient (Wildman–Crippen LogP) is 4.25. The lowest BCUT2D eigenvalue weighted by Crippen LogP contribution is -2.27. The number of amides is 1. The number of ether oxygens (including phenoxy) is 1. The van der Waals surface area contributed by atoms with Crippen molar-refractivity contribution in [1.82, 2.24) is 0 Å². The van der Waals surface area contributed by atoms with Crippen molar-refractivity contribution < 1.29 is 9.53 Å². The predicted molar refractivity (Wildman–Crippen MR) is 78.5 cm³/mol. The molecule has 0 bridgehead atoms. The maximum Gasteiger partial charge on any atom is 0.412 e. The first-order valence-electron chi connectivity index (χ1n) is 6.04. The standard InChI is InChI=1S/C15H18ClNO2/c1-5-6-7-11-8-9-12(16)13(10-11)17-14(18)19-15(2,3)4/h1,8-10H,6-7H2,2-4H3,(H,17,18). The largest absolute Gasteiger partial charge is 0.444 e. The van der Waals surface area contributed by atoms with Gasteiger partial charge in [-0.2, -0.15) is 0 Å². The third kappa shape index (κ3) is 5.67. The Morgan fingerprint density at radius 3 is 2.74 bits per heavy atom.